The fourth-order valence-corrected chi connectivity index (χ4v) is 2.33. The lowest BCUT2D eigenvalue weighted by molar-refractivity contribution is -0.139. The van der Waals surface area contributed by atoms with Gasteiger partial charge in [-0.15, -0.1) is 0 Å². The van der Waals surface area contributed by atoms with Crippen LogP contribution in [0.4, 0.5) is 4.79 Å². The number of aliphatic hydroxyl groups is 1. The van der Waals surface area contributed by atoms with E-state index in [1.165, 1.54) is 0 Å². The van der Waals surface area contributed by atoms with Crippen LogP contribution in [0, 0.1) is 0 Å². The van der Waals surface area contributed by atoms with Gasteiger partial charge in [0.2, 0.25) is 0 Å². The molecule has 7 nitrogen and oxygen atoms in total. The molecule has 2 atom stereocenters. The zero-order valence-corrected chi connectivity index (χ0v) is 11.5. The molecule has 3 N–H and O–H groups in total. The minimum absolute atomic E-state index is 0.0211. The lowest BCUT2D eigenvalue weighted by Crippen LogP contribution is -2.51. The van der Waals surface area contributed by atoms with Crippen LogP contribution >= 0.6 is 0 Å². The molecule has 1 aliphatic rings. The van der Waals surface area contributed by atoms with Crippen LogP contribution < -0.4 is 5.32 Å². The van der Waals surface area contributed by atoms with E-state index < -0.39 is 12.0 Å². The Bertz CT molecular complexity index is 322. The van der Waals surface area contributed by atoms with Crippen LogP contribution in [0.25, 0.3) is 0 Å². The van der Waals surface area contributed by atoms with Crippen LogP contribution in [0.5, 0.6) is 0 Å². The summed E-state index contributed by atoms with van der Waals surface area (Å²) in [6.45, 7) is 1.15. The molecule has 0 aliphatic carbocycles. The van der Waals surface area contributed by atoms with Crippen LogP contribution in [0.15, 0.2) is 0 Å². The van der Waals surface area contributed by atoms with Crippen molar-refractivity contribution < 1.29 is 19.8 Å². The Labute approximate surface area is 113 Å². The summed E-state index contributed by atoms with van der Waals surface area (Å²) < 4.78 is 0. The molecule has 19 heavy (non-hydrogen) atoms. The molecule has 1 heterocycles. The molecule has 0 aromatic carbocycles. The number of rotatable bonds is 6. The zero-order valence-electron chi connectivity index (χ0n) is 11.5. The van der Waals surface area contributed by atoms with Gasteiger partial charge in [-0.1, -0.05) is 0 Å². The number of likely N-dealkylation sites (N-methyl/N-ethyl adjacent to an activating group) is 1. The number of aliphatic hydroxyl groups excluding tert-OH is 1. The molecule has 0 aromatic rings. The number of carboxylic acid groups (broad SMARTS) is 1. The van der Waals surface area contributed by atoms with Crippen molar-refractivity contribution in [1.82, 2.24) is 15.1 Å². The van der Waals surface area contributed by atoms with E-state index in [4.69, 9.17) is 10.2 Å². The third-order valence-corrected chi connectivity index (χ3v) is 3.23. The first-order valence-electron chi connectivity index (χ1n) is 6.51. The molecule has 1 unspecified atom stereocenters. The first-order chi connectivity index (χ1) is 8.95. The van der Waals surface area contributed by atoms with Crippen molar-refractivity contribution in [2.75, 3.05) is 33.8 Å². The highest BCUT2D eigenvalue weighted by Crippen LogP contribution is 2.17. The third kappa shape index (κ3) is 4.68. The highest BCUT2D eigenvalue weighted by atomic mass is 16.4. The molecule has 0 bridgehead atoms. The van der Waals surface area contributed by atoms with Gasteiger partial charge in [0.1, 0.15) is 6.04 Å². The zero-order chi connectivity index (χ0) is 14.4. The second-order valence-corrected chi connectivity index (χ2v) is 5.10. The van der Waals surface area contributed by atoms with Crippen molar-refractivity contribution in [1.29, 1.82) is 0 Å². The number of aliphatic carboxylic acids is 1. The fourth-order valence-electron chi connectivity index (χ4n) is 2.33. The van der Waals surface area contributed by atoms with E-state index in [-0.39, 0.29) is 25.1 Å². The minimum Gasteiger partial charge on any atom is -0.480 e. The Morgan fingerprint density at radius 2 is 2.16 bits per heavy atom. The van der Waals surface area contributed by atoms with Crippen LogP contribution in [-0.4, -0.2) is 77.9 Å². The fraction of sp³-hybridized carbons (Fsp3) is 0.833. The molecule has 110 valence electrons. The first kappa shape index (κ1) is 15.7. The van der Waals surface area contributed by atoms with E-state index >= 15 is 0 Å². The number of carboxylic acids is 1. The SMILES string of the molecule is CN(C)CC1CCCN1C(=O)N[C@H](CCO)C(=O)O. The van der Waals surface area contributed by atoms with Crippen LogP contribution in [0.2, 0.25) is 0 Å². The van der Waals surface area contributed by atoms with E-state index in [1.807, 2.05) is 19.0 Å². The number of urea groups is 1. The summed E-state index contributed by atoms with van der Waals surface area (Å²) in [5, 5.41) is 20.2. The highest BCUT2D eigenvalue weighted by molar-refractivity contribution is 5.82. The average molecular weight is 273 g/mol. The summed E-state index contributed by atoms with van der Waals surface area (Å²) in [5.41, 5.74) is 0. The maximum atomic E-state index is 12.1. The lowest BCUT2D eigenvalue weighted by atomic mass is 10.2. The van der Waals surface area contributed by atoms with Gasteiger partial charge in [0, 0.05) is 32.2 Å². The van der Waals surface area contributed by atoms with Crippen LogP contribution in [0.1, 0.15) is 19.3 Å². The lowest BCUT2D eigenvalue weighted by Gasteiger charge is -2.28. The Kier molecular flexibility index (Phi) is 6.04. The molecule has 7 heteroatoms. The number of likely N-dealkylation sites (tertiary alicyclic amines) is 1. The van der Waals surface area contributed by atoms with Gasteiger partial charge in [0.05, 0.1) is 0 Å². The van der Waals surface area contributed by atoms with Gasteiger partial charge < -0.3 is 25.3 Å². The molecule has 0 spiro atoms. The van der Waals surface area contributed by atoms with Crippen molar-refractivity contribution in [3.8, 4) is 0 Å². The highest BCUT2D eigenvalue weighted by Gasteiger charge is 2.31. The van der Waals surface area contributed by atoms with Gasteiger partial charge in [-0.05, 0) is 26.9 Å². The summed E-state index contributed by atoms with van der Waals surface area (Å²) in [7, 11) is 3.89. The average Bonchev–Trinajstić information content (AvgIpc) is 2.75. The summed E-state index contributed by atoms with van der Waals surface area (Å²) >= 11 is 0. The standard InChI is InChI=1S/C12H23N3O4/c1-14(2)8-9-4-3-6-15(9)12(19)13-10(5-7-16)11(17)18/h9-10,16H,3-8H2,1-2H3,(H,13,19)(H,17,18)/t9?,10-/m1/s1. The number of carbonyl (C=O) groups excluding carboxylic acids is 1. The molecule has 1 saturated heterocycles. The molecule has 0 radical (unpaired) electrons. The molecule has 1 aliphatic heterocycles. The number of amides is 2. The third-order valence-electron chi connectivity index (χ3n) is 3.23. The molecule has 2 amide bonds. The molecular formula is C12H23N3O4. The number of hydrogen-bond donors (Lipinski definition) is 3. The number of nitrogens with one attached hydrogen (secondary N) is 1. The molecule has 0 saturated carbocycles. The van der Waals surface area contributed by atoms with E-state index in [2.05, 4.69) is 5.32 Å². The predicted molar refractivity (Wildman–Crippen MR) is 69.9 cm³/mol. The van der Waals surface area contributed by atoms with Crippen molar-refractivity contribution in [3.63, 3.8) is 0 Å². The first-order valence-corrected chi connectivity index (χ1v) is 6.51. The summed E-state index contributed by atoms with van der Waals surface area (Å²) in [4.78, 5) is 26.7. The summed E-state index contributed by atoms with van der Waals surface area (Å²) in [6, 6.07) is -1.26. The van der Waals surface area contributed by atoms with Crippen molar-refractivity contribution in [3.05, 3.63) is 0 Å². The van der Waals surface area contributed by atoms with Crippen LogP contribution in [-0.2, 0) is 4.79 Å². The van der Waals surface area contributed by atoms with E-state index in [9.17, 15) is 9.59 Å². The second kappa shape index (κ2) is 7.30. The Hall–Kier alpha value is -1.34. The molecule has 1 rings (SSSR count). The summed E-state index contributed by atoms with van der Waals surface area (Å²) in [5.74, 6) is -1.12. The second-order valence-electron chi connectivity index (χ2n) is 5.10. The number of nitrogens with zero attached hydrogens (tertiary/aromatic N) is 2. The molecular weight excluding hydrogens is 250 g/mol. The van der Waals surface area contributed by atoms with Crippen molar-refractivity contribution >= 4 is 12.0 Å². The Morgan fingerprint density at radius 1 is 1.47 bits per heavy atom. The molecule has 0 aromatic heterocycles. The van der Waals surface area contributed by atoms with Gasteiger partial charge >= 0.3 is 12.0 Å². The predicted octanol–water partition coefficient (Wildman–Crippen LogP) is -0.442. The van der Waals surface area contributed by atoms with Crippen LogP contribution in [0.3, 0.4) is 0 Å². The van der Waals surface area contributed by atoms with Crippen molar-refractivity contribution in [2.24, 2.45) is 0 Å². The normalized spacial score (nSPS) is 20.6. The minimum atomic E-state index is -1.12. The van der Waals surface area contributed by atoms with Gasteiger partial charge in [0.15, 0.2) is 0 Å². The monoisotopic (exact) mass is 273 g/mol. The molecule has 1 fully saturated rings. The smallest absolute Gasteiger partial charge is 0.326 e. The van der Waals surface area contributed by atoms with Gasteiger partial charge in [-0.25, -0.2) is 9.59 Å². The summed E-state index contributed by atoms with van der Waals surface area (Å²) in [6.07, 6.45) is 1.89. The Balaban J connectivity index is 2.57. The quantitative estimate of drug-likeness (QED) is 0.610. The van der Waals surface area contributed by atoms with E-state index in [0.717, 1.165) is 19.4 Å². The van der Waals surface area contributed by atoms with Gasteiger partial charge in [-0.2, -0.15) is 0 Å². The van der Waals surface area contributed by atoms with E-state index in [1.54, 1.807) is 4.90 Å². The van der Waals surface area contributed by atoms with E-state index in [0.29, 0.717) is 6.54 Å². The van der Waals surface area contributed by atoms with Gasteiger partial charge in [0.25, 0.3) is 0 Å². The maximum Gasteiger partial charge on any atom is 0.326 e. The largest absolute Gasteiger partial charge is 0.480 e. The maximum absolute atomic E-state index is 12.1. The Morgan fingerprint density at radius 3 is 2.68 bits per heavy atom. The number of hydrogen-bond acceptors (Lipinski definition) is 4. The van der Waals surface area contributed by atoms with Gasteiger partial charge in [-0.3, -0.25) is 0 Å². The topological polar surface area (TPSA) is 93.1 Å². The van der Waals surface area contributed by atoms with Crippen molar-refractivity contribution in [2.45, 2.75) is 31.3 Å². The number of carbonyl (C=O) groups is 2.